The topological polar surface area (TPSA) is 107 Å². The summed E-state index contributed by atoms with van der Waals surface area (Å²) in [5, 5.41) is 4.83. The second-order valence-electron chi connectivity index (χ2n) is 8.60. The van der Waals surface area contributed by atoms with Gasteiger partial charge in [-0.25, -0.2) is 0 Å². The molecule has 4 rings (SSSR count). The second-order valence-corrected chi connectivity index (χ2v) is 8.60. The number of aromatic nitrogens is 1. The van der Waals surface area contributed by atoms with Gasteiger partial charge in [0.15, 0.2) is 34.5 Å². The zero-order valence-electron chi connectivity index (χ0n) is 23.5. The lowest BCUT2D eigenvalue weighted by molar-refractivity contribution is 0.102. The molecule has 10 nitrogen and oxygen atoms in total. The molecule has 0 atom stereocenters. The van der Waals surface area contributed by atoms with E-state index >= 15 is 0 Å². The summed E-state index contributed by atoms with van der Waals surface area (Å²) >= 11 is 0. The molecule has 4 aromatic rings. The lowest BCUT2D eigenvalue weighted by Crippen LogP contribution is -2.15. The SMILES string of the molecule is COc1cc(Cc2nccc3cc(OC)c(OC)cc23)c(NC(=O)c2cc(OC)c(OC)c(OC)c2)cc1OC. The Morgan fingerprint density at radius 2 is 1.23 bits per heavy atom. The van der Waals surface area contributed by atoms with Crippen molar-refractivity contribution in [2.24, 2.45) is 0 Å². The Kier molecular flexibility index (Phi) is 8.68. The number of amides is 1. The largest absolute Gasteiger partial charge is 0.493 e. The molecule has 0 unspecified atom stereocenters. The monoisotopic (exact) mass is 548 g/mol. The number of fused-ring (bicyclic) bond motifs is 1. The molecule has 0 aliphatic carbocycles. The van der Waals surface area contributed by atoms with E-state index in [2.05, 4.69) is 10.3 Å². The van der Waals surface area contributed by atoms with Crippen molar-refractivity contribution in [1.29, 1.82) is 0 Å². The summed E-state index contributed by atoms with van der Waals surface area (Å²) in [6.45, 7) is 0. The number of nitrogens with zero attached hydrogens (tertiary/aromatic N) is 1. The third-order valence-electron chi connectivity index (χ3n) is 6.49. The Bertz CT molecular complexity index is 1510. The van der Waals surface area contributed by atoms with Gasteiger partial charge in [-0.15, -0.1) is 0 Å². The number of ether oxygens (including phenoxy) is 7. The zero-order chi connectivity index (χ0) is 28.8. The number of benzene rings is 3. The van der Waals surface area contributed by atoms with Crippen LogP contribution in [0.2, 0.25) is 0 Å². The highest BCUT2D eigenvalue weighted by molar-refractivity contribution is 6.05. The van der Waals surface area contributed by atoms with Crippen LogP contribution in [0, 0.1) is 0 Å². The van der Waals surface area contributed by atoms with Gasteiger partial charge in [0, 0.05) is 35.3 Å². The molecule has 1 amide bonds. The van der Waals surface area contributed by atoms with Crippen LogP contribution in [-0.2, 0) is 6.42 Å². The number of hydrogen-bond donors (Lipinski definition) is 1. The van der Waals surface area contributed by atoms with Gasteiger partial charge in [-0.05, 0) is 47.3 Å². The lowest BCUT2D eigenvalue weighted by atomic mass is 10.0. The average Bonchev–Trinajstić information content (AvgIpc) is 2.99. The van der Waals surface area contributed by atoms with Crippen molar-refractivity contribution in [1.82, 2.24) is 4.98 Å². The summed E-state index contributed by atoms with van der Waals surface area (Å²) in [7, 11) is 10.8. The van der Waals surface area contributed by atoms with Gasteiger partial charge in [0.2, 0.25) is 5.75 Å². The van der Waals surface area contributed by atoms with Crippen molar-refractivity contribution in [3.63, 3.8) is 0 Å². The number of nitrogens with one attached hydrogen (secondary N) is 1. The lowest BCUT2D eigenvalue weighted by Gasteiger charge is -2.18. The number of carbonyl (C=O) groups is 1. The summed E-state index contributed by atoms with van der Waals surface area (Å²) in [6.07, 6.45) is 2.11. The molecule has 1 aromatic heterocycles. The fourth-order valence-corrected chi connectivity index (χ4v) is 4.47. The van der Waals surface area contributed by atoms with Crippen molar-refractivity contribution in [3.8, 4) is 40.2 Å². The van der Waals surface area contributed by atoms with Crippen molar-refractivity contribution in [2.45, 2.75) is 6.42 Å². The Balaban J connectivity index is 1.79. The van der Waals surface area contributed by atoms with Gasteiger partial charge in [-0.3, -0.25) is 9.78 Å². The minimum Gasteiger partial charge on any atom is -0.493 e. The summed E-state index contributed by atoms with van der Waals surface area (Å²) in [6, 6.07) is 12.4. The third kappa shape index (κ3) is 5.47. The number of rotatable bonds is 11. The first kappa shape index (κ1) is 28.2. The molecule has 0 fully saturated rings. The van der Waals surface area contributed by atoms with Crippen LogP contribution in [-0.4, -0.2) is 60.7 Å². The van der Waals surface area contributed by atoms with Gasteiger partial charge >= 0.3 is 0 Å². The van der Waals surface area contributed by atoms with Gasteiger partial charge in [0.1, 0.15) is 0 Å². The summed E-state index contributed by atoms with van der Waals surface area (Å²) in [4.78, 5) is 18.1. The Morgan fingerprint density at radius 1 is 0.675 bits per heavy atom. The van der Waals surface area contributed by atoms with Crippen molar-refractivity contribution >= 4 is 22.4 Å². The third-order valence-corrected chi connectivity index (χ3v) is 6.49. The van der Waals surface area contributed by atoms with E-state index in [0.717, 1.165) is 22.0 Å². The molecule has 0 spiro atoms. The predicted octanol–water partition coefficient (Wildman–Crippen LogP) is 5.14. The number of hydrogen-bond acceptors (Lipinski definition) is 9. The van der Waals surface area contributed by atoms with Gasteiger partial charge in [0.05, 0.1) is 55.5 Å². The van der Waals surface area contributed by atoms with E-state index in [4.69, 9.17) is 33.2 Å². The molecule has 1 N–H and O–H groups in total. The number of methoxy groups -OCH3 is 7. The summed E-state index contributed by atoms with van der Waals surface area (Å²) in [5.41, 5.74) is 2.37. The minimum atomic E-state index is -0.384. The molecule has 210 valence electrons. The fraction of sp³-hybridized carbons (Fsp3) is 0.267. The molecule has 0 aliphatic heterocycles. The number of anilines is 1. The maximum atomic E-state index is 13.5. The maximum Gasteiger partial charge on any atom is 0.255 e. The molecule has 0 saturated heterocycles. The van der Waals surface area contributed by atoms with E-state index in [0.29, 0.717) is 57.9 Å². The molecule has 3 aromatic carbocycles. The molecule has 0 saturated carbocycles. The van der Waals surface area contributed by atoms with Gasteiger partial charge in [-0.1, -0.05) is 0 Å². The van der Waals surface area contributed by atoms with Gasteiger partial charge < -0.3 is 38.5 Å². The standard InChI is InChI=1S/C30H32N2O8/c1-34-23-11-17-8-9-31-22(20(17)15-25(23)36-3)10-18-12-24(35-2)26(37-4)16-21(18)32-30(33)19-13-27(38-5)29(40-7)28(14-19)39-6/h8-9,11-16H,10H2,1-7H3,(H,32,33). The van der Waals surface area contributed by atoms with Crippen molar-refractivity contribution in [2.75, 3.05) is 55.1 Å². The number of pyridine rings is 1. The second kappa shape index (κ2) is 12.3. The smallest absolute Gasteiger partial charge is 0.255 e. The molecular weight excluding hydrogens is 516 g/mol. The first-order valence-corrected chi connectivity index (χ1v) is 12.3. The van der Waals surface area contributed by atoms with E-state index in [1.54, 1.807) is 45.7 Å². The van der Waals surface area contributed by atoms with Crippen LogP contribution in [0.4, 0.5) is 5.69 Å². The Morgan fingerprint density at radius 3 is 1.80 bits per heavy atom. The van der Waals surface area contributed by atoms with Gasteiger partial charge in [-0.2, -0.15) is 0 Å². The molecule has 0 aliphatic rings. The quantitative estimate of drug-likeness (QED) is 0.273. The highest BCUT2D eigenvalue weighted by Gasteiger charge is 2.20. The molecule has 0 bridgehead atoms. The highest BCUT2D eigenvalue weighted by Crippen LogP contribution is 2.40. The molecule has 40 heavy (non-hydrogen) atoms. The van der Waals surface area contributed by atoms with Crippen LogP contribution in [0.5, 0.6) is 40.2 Å². The summed E-state index contributed by atoms with van der Waals surface area (Å²) < 4.78 is 38.3. The van der Waals surface area contributed by atoms with E-state index < -0.39 is 0 Å². The van der Waals surface area contributed by atoms with E-state index in [-0.39, 0.29) is 5.91 Å². The van der Waals surface area contributed by atoms with Crippen LogP contribution in [0.25, 0.3) is 10.8 Å². The molecule has 0 radical (unpaired) electrons. The summed E-state index contributed by atoms with van der Waals surface area (Å²) in [5.74, 6) is 2.93. The maximum absolute atomic E-state index is 13.5. The molecular formula is C30H32N2O8. The van der Waals surface area contributed by atoms with E-state index in [9.17, 15) is 4.79 Å². The molecule has 1 heterocycles. The normalized spacial score (nSPS) is 10.6. The van der Waals surface area contributed by atoms with Crippen molar-refractivity contribution in [3.05, 3.63) is 65.5 Å². The first-order chi connectivity index (χ1) is 19.4. The Labute approximate surface area is 232 Å². The van der Waals surface area contributed by atoms with Crippen LogP contribution >= 0.6 is 0 Å². The fourth-order valence-electron chi connectivity index (χ4n) is 4.47. The predicted molar refractivity (Wildman–Crippen MR) is 151 cm³/mol. The van der Waals surface area contributed by atoms with E-state index in [1.165, 1.54) is 28.4 Å². The van der Waals surface area contributed by atoms with Crippen LogP contribution in [0.1, 0.15) is 21.6 Å². The molecule has 10 heteroatoms. The zero-order valence-corrected chi connectivity index (χ0v) is 23.5. The van der Waals surface area contributed by atoms with Crippen LogP contribution in [0.15, 0.2) is 48.7 Å². The van der Waals surface area contributed by atoms with Crippen LogP contribution < -0.4 is 38.5 Å². The highest BCUT2D eigenvalue weighted by atomic mass is 16.5. The minimum absolute atomic E-state index is 0.315. The van der Waals surface area contributed by atoms with Gasteiger partial charge in [0.25, 0.3) is 5.91 Å². The van der Waals surface area contributed by atoms with E-state index in [1.807, 2.05) is 24.3 Å². The van der Waals surface area contributed by atoms with Crippen LogP contribution in [0.3, 0.4) is 0 Å². The Hall–Kier alpha value is -4.86. The average molecular weight is 549 g/mol. The van der Waals surface area contributed by atoms with Crippen molar-refractivity contribution < 1.29 is 38.0 Å². The number of carbonyl (C=O) groups excluding carboxylic acids is 1. The first-order valence-electron chi connectivity index (χ1n) is 12.3.